The average molecular weight is 389 g/mol. The van der Waals surface area contributed by atoms with Gasteiger partial charge in [-0.15, -0.1) is 0 Å². The third kappa shape index (κ3) is 3.65. The summed E-state index contributed by atoms with van der Waals surface area (Å²) < 4.78 is 2.13. The fourth-order valence-electron chi connectivity index (χ4n) is 6.09. The first-order valence-corrected chi connectivity index (χ1v) is 11.3. The molecular formula is C25H30N3O+. The first kappa shape index (κ1) is 18.6. The average Bonchev–Trinajstić information content (AvgIpc) is 2.75. The van der Waals surface area contributed by atoms with E-state index >= 15 is 0 Å². The molecular weight excluding hydrogens is 358 g/mol. The number of rotatable bonds is 3. The molecule has 2 fully saturated rings. The van der Waals surface area contributed by atoms with Gasteiger partial charge in [-0.05, 0) is 43.4 Å². The van der Waals surface area contributed by atoms with Crippen LogP contribution in [0.2, 0.25) is 0 Å². The maximum atomic E-state index is 13.3. The van der Waals surface area contributed by atoms with Crippen LogP contribution in [0, 0.1) is 17.2 Å². The molecule has 1 unspecified atom stereocenters. The zero-order chi connectivity index (χ0) is 19.8. The van der Waals surface area contributed by atoms with Crippen molar-refractivity contribution in [3.63, 3.8) is 0 Å². The number of nitriles is 1. The summed E-state index contributed by atoms with van der Waals surface area (Å²) in [5.74, 6) is 1.53. The maximum Gasteiger partial charge on any atom is 0.254 e. The summed E-state index contributed by atoms with van der Waals surface area (Å²) in [6, 6.07) is 14.7. The number of fused-ring (bicyclic) bond motifs is 4. The lowest BCUT2D eigenvalue weighted by atomic mass is 9.81. The number of hydrogen-bond donors (Lipinski definition) is 1. The van der Waals surface area contributed by atoms with E-state index in [9.17, 15) is 4.79 Å². The predicted molar refractivity (Wildman–Crippen MR) is 113 cm³/mol. The summed E-state index contributed by atoms with van der Waals surface area (Å²) in [5.41, 5.74) is 4.62. The minimum absolute atomic E-state index is 0.300. The number of hydrogen-bond acceptors (Lipinski definition) is 2. The molecule has 2 bridgehead atoms. The van der Waals surface area contributed by atoms with E-state index in [0.29, 0.717) is 23.3 Å². The molecule has 1 N–H and O–H groups in total. The van der Waals surface area contributed by atoms with Gasteiger partial charge >= 0.3 is 0 Å². The van der Waals surface area contributed by atoms with Crippen LogP contribution in [0.15, 0.2) is 41.2 Å². The quantitative estimate of drug-likeness (QED) is 0.879. The summed E-state index contributed by atoms with van der Waals surface area (Å²) in [7, 11) is 0. The molecule has 29 heavy (non-hydrogen) atoms. The number of pyridine rings is 1. The number of aromatic nitrogens is 1. The van der Waals surface area contributed by atoms with Crippen molar-refractivity contribution in [2.24, 2.45) is 5.92 Å². The molecule has 1 aromatic carbocycles. The smallest absolute Gasteiger partial charge is 0.254 e. The Kier molecular flexibility index (Phi) is 5.01. The van der Waals surface area contributed by atoms with Crippen molar-refractivity contribution in [1.29, 1.82) is 5.26 Å². The molecule has 1 saturated heterocycles. The van der Waals surface area contributed by atoms with Crippen molar-refractivity contribution >= 4 is 0 Å². The highest BCUT2D eigenvalue weighted by Gasteiger charge is 2.38. The molecule has 0 spiro atoms. The highest BCUT2D eigenvalue weighted by molar-refractivity contribution is 5.32. The van der Waals surface area contributed by atoms with Crippen molar-refractivity contribution in [2.45, 2.75) is 63.5 Å². The van der Waals surface area contributed by atoms with Crippen molar-refractivity contribution < 1.29 is 4.90 Å². The number of nitrogens with one attached hydrogen (secondary N) is 1. The van der Waals surface area contributed by atoms with Gasteiger partial charge in [-0.2, -0.15) is 5.26 Å². The van der Waals surface area contributed by atoms with Gasteiger partial charge in [0, 0.05) is 35.2 Å². The van der Waals surface area contributed by atoms with Crippen molar-refractivity contribution in [1.82, 2.24) is 4.57 Å². The minimum atomic E-state index is 0.300. The van der Waals surface area contributed by atoms with E-state index in [1.54, 1.807) is 4.90 Å². The van der Waals surface area contributed by atoms with Gasteiger partial charge in [-0.25, -0.2) is 0 Å². The Labute approximate surface area is 172 Å². The highest BCUT2D eigenvalue weighted by atomic mass is 16.1. The Bertz CT molecular complexity index is 996. The van der Waals surface area contributed by atoms with Gasteiger partial charge in [0.15, 0.2) is 0 Å². The van der Waals surface area contributed by atoms with Crippen LogP contribution in [0.5, 0.6) is 0 Å². The third-order valence-electron chi connectivity index (χ3n) is 7.38. The highest BCUT2D eigenvalue weighted by Crippen LogP contribution is 2.34. The summed E-state index contributed by atoms with van der Waals surface area (Å²) >= 11 is 0. The molecule has 3 heterocycles. The van der Waals surface area contributed by atoms with Crippen LogP contribution in [0.3, 0.4) is 0 Å². The van der Waals surface area contributed by atoms with E-state index in [0.717, 1.165) is 37.3 Å². The van der Waals surface area contributed by atoms with Gasteiger partial charge in [0.1, 0.15) is 6.54 Å². The molecule has 1 aromatic heterocycles. The van der Waals surface area contributed by atoms with E-state index in [2.05, 4.69) is 28.8 Å². The predicted octanol–water partition coefficient (Wildman–Crippen LogP) is 2.97. The molecule has 2 aliphatic heterocycles. The zero-order valence-electron chi connectivity index (χ0n) is 17.1. The molecule has 3 atom stereocenters. The molecule has 0 amide bonds. The lowest BCUT2D eigenvalue weighted by molar-refractivity contribution is -0.924. The van der Waals surface area contributed by atoms with Crippen LogP contribution >= 0.6 is 0 Å². The Morgan fingerprint density at radius 1 is 1.07 bits per heavy atom. The van der Waals surface area contributed by atoms with Crippen molar-refractivity contribution in [3.8, 4) is 6.07 Å². The number of benzene rings is 1. The summed E-state index contributed by atoms with van der Waals surface area (Å²) in [6.07, 6.45) is 7.43. The van der Waals surface area contributed by atoms with Crippen LogP contribution in [0.4, 0.5) is 0 Å². The second-order valence-electron chi connectivity index (χ2n) is 9.41. The molecule has 1 saturated carbocycles. The SMILES string of the molecule is N#Cc1cccc(C[NH+]2C[C@@H]3C[C@H](C2)c2ccc(C4CCCCC4)c(=O)n2C3)c1. The Morgan fingerprint density at radius 2 is 1.93 bits per heavy atom. The van der Waals surface area contributed by atoms with E-state index in [1.807, 2.05) is 18.2 Å². The van der Waals surface area contributed by atoms with Gasteiger partial charge in [0.25, 0.3) is 5.56 Å². The summed E-state index contributed by atoms with van der Waals surface area (Å²) in [4.78, 5) is 14.9. The first-order chi connectivity index (χ1) is 14.2. The summed E-state index contributed by atoms with van der Waals surface area (Å²) in [6.45, 7) is 4.04. The number of likely N-dealkylation sites (tertiary alicyclic amines) is 1. The number of piperidine rings is 1. The van der Waals surface area contributed by atoms with E-state index in [1.165, 1.54) is 49.8 Å². The molecule has 4 nitrogen and oxygen atoms in total. The van der Waals surface area contributed by atoms with Gasteiger partial charge in [0.2, 0.25) is 0 Å². The van der Waals surface area contributed by atoms with Gasteiger partial charge < -0.3 is 9.47 Å². The van der Waals surface area contributed by atoms with Gasteiger partial charge in [0.05, 0.1) is 24.7 Å². The molecule has 150 valence electrons. The third-order valence-corrected chi connectivity index (χ3v) is 7.38. The molecule has 2 aromatic rings. The van der Waals surface area contributed by atoms with Crippen LogP contribution in [0.25, 0.3) is 0 Å². The largest absolute Gasteiger partial charge is 0.330 e. The fourth-order valence-corrected chi connectivity index (χ4v) is 6.09. The minimum Gasteiger partial charge on any atom is -0.330 e. The Hall–Kier alpha value is -2.38. The molecule has 3 aliphatic rings. The normalized spacial score (nSPS) is 26.5. The number of quaternary nitrogens is 1. The topological polar surface area (TPSA) is 50.2 Å². The van der Waals surface area contributed by atoms with Gasteiger partial charge in [-0.1, -0.05) is 37.5 Å². The number of nitrogens with zero attached hydrogens (tertiary/aromatic N) is 2. The molecule has 4 heteroatoms. The maximum absolute atomic E-state index is 13.3. The second kappa shape index (κ2) is 7.80. The molecule has 0 radical (unpaired) electrons. The molecule has 1 aliphatic carbocycles. The zero-order valence-corrected chi connectivity index (χ0v) is 17.1. The standard InChI is InChI=1S/C25H29N3O/c26-13-18-5-4-6-19(11-18)14-27-15-20-12-22(17-27)24-10-9-23(25(29)28(24)16-20)21-7-2-1-3-8-21/h4-6,9-11,20-22H,1-3,7-8,12,14-17H2/p+1/t20-,22+/m0/s1. The Balaban J connectivity index is 1.37. The summed E-state index contributed by atoms with van der Waals surface area (Å²) in [5, 5.41) is 9.16. The second-order valence-corrected chi connectivity index (χ2v) is 9.41. The van der Waals surface area contributed by atoms with Crippen molar-refractivity contribution in [3.05, 3.63) is 69.1 Å². The van der Waals surface area contributed by atoms with Gasteiger partial charge in [-0.3, -0.25) is 4.79 Å². The van der Waals surface area contributed by atoms with E-state index < -0.39 is 0 Å². The first-order valence-electron chi connectivity index (χ1n) is 11.3. The van der Waals surface area contributed by atoms with Crippen LogP contribution in [0.1, 0.15) is 72.7 Å². The molecule has 5 rings (SSSR count). The Morgan fingerprint density at radius 3 is 2.76 bits per heavy atom. The van der Waals surface area contributed by atoms with E-state index in [-0.39, 0.29) is 0 Å². The van der Waals surface area contributed by atoms with E-state index in [4.69, 9.17) is 5.26 Å². The van der Waals surface area contributed by atoms with Crippen LogP contribution in [-0.2, 0) is 13.1 Å². The van der Waals surface area contributed by atoms with Crippen LogP contribution in [-0.4, -0.2) is 17.7 Å². The fraction of sp³-hybridized carbons (Fsp3) is 0.520. The lowest BCUT2D eigenvalue weighted by Gasteiger charge is -2.40. The van der Waals surface area contributed by atoms with Crippen molar-refractivity contribution in [2.75, 3.05) is 13.1 Å². The monoisotopic (exact) mass is 388 g/mol. The van der Waals surface area contributed by atoms with Crippen LogP contribution < -0.4 is 10.5 Å². The lowest BCUT2D eigenvalue weighted by Crippen LogP contribution is -3.13.